The van der Waals surface area contributed by atoms with E-state index in [1.807, 2.05) is 7.05 Å². The standard InChI is InChI=1S/C19H25N/c1-15-8-7-9-16(2)19(15)13-18(14-20-3)12-17-10-5-4-6-11-17/h4-11,18,20H,12-14H2,1-3H3. The average Bonchev–Trinajstić information content (AvgIpc) is 2.44. The summed E-state index contributed by atoms with van der Waals surface area (Å²) in [5.74, 6) is 0.641. The summed E-state index contributed by atoms with van der Waals surface area (Å²) in [6, 6.07) is 17.4. The molecule has 0 aliphatic heterocycles. The first-order chi connectivity index (χ1) is 9.70. The highest BCUT2D eigenvalue weighted by Gasteiger charge is 2.13. The topological polar surface area (TPSA) is 12.0 Å². The number of hydrogen-bond donors (Lipinski definition) is 1. The molecule has 106 valence electrons. The molecule has 0 amide bonds. The van der Waals surface area contributed by atoms with Gasteiger partial charge in [-0.05, 0) is 68.5 Å². The minimum Gasteiger partial charge on any atom is -0.319 e. The van der Waals surface area contributed by atoms with Crippen LogP contribution in [0.2, 0.25) is 0 Å². The molecule has 2 aromatic rings. The highest BCUT2D eigenvalue weighted by Crippen LogP contribution is 2.20. The van der Waals surface area contributed by atoms with Crippen LogP contribution in [0.3, 0.4) is 0 Å². The van der Waals surface area contributed by atoms with E-state index in [0.717, 1.165) is 19.4 Å². The maximum Gasteiger partial charge on any atom is -0.00172 e. The van der Waals surface area contributed by atoms with Gasteiger partial charge in [0.1, 0.15) is 0 Å². The quantitative estimate of drug-likeness (QED) is 0.836. The fourth-order valence-electron chi connectivity index (χ4n) is 2.91. The van der Waals surface area contributed by atoms with E-state index in [-0.39, 0.29) is 0 Å². The Hall–Kier alpha value is -1.60. The zero-order valence-electron chi connectivity index (χ0n) is 12.8. The van der Waals surface area contributed by atoms with Crippen LogP contribution < -0.4 is 5.32 Å². The van der Waals surface area contributed by atoms with Gasteiger partial charge in [0.25, 0.3) is 0 Å². The number of nitrogens with one attached hydrogen (secondary N) is 1. The Balaban J connectivity index is 2.13. The summed E-state index contributed by atoms with van der Waals surface area (Å²) >= 11 is 0. The molecule has 0 aromatic heterocycles. The monoisotopic (exact) mass is 267 g/mol. The molecule has 20 heavy (non-hydrogen) atoms. The molecule has 2 aromatic carbocycles. The van der Waals surface area contributed by atoms with Crippen molar-refractivity contribution in [3.63, 3.8) is 0 Å². The van der Waals surface area contributed by atoms with Crippen molar-refractivity contribution in [1.82, 2.24) is 5.32 Å². The van der Waals surface area contributed by atoms with E-state index < -0.39 is 0 Å². The molecule has 1 atom stereocenters. The zero-order chi connectivity index (χ0) is 14.4. The van der Waals surface area contributed by atoms with Crippen LogP contribution in [0.4, 0.5) is 0 Å². The van der Waals surface area contributed by atoms with Gasteiger partial charge in [0.2, 0.25) is 0 Å². The Morgan fingerprint density at radius 2 is 1.50 bits per heavy atom. The fourth-order valence-corrected chi connectivity index (χ4v) is 2.91. The normalized spacial score (nSPS) is 12.3. The van der Waals surface area contributed by atoms with Crippen molar-refractivity contribution < 1.29 is 0 Å². The molecule has 0 fully saturated rings. The van der Waals surface area contributed by atoms with Crippen LogP contribution in [0.15, 0.2) is 48.5 Å². The molecule has 0 heterocycles. The van der Waals surface area contributed by atoms with Gasteiger partial charge in [-0.3, -0.25) is 0 Å². The lowest BCUT2D eigenvalue weighted by Gasteiger charge is -2.19. The molecule has 1 unspecified atom stereocenters. The number of rotatable bonds is 6. The summed E-state index contributed by atoms with van der Waals surface area (Å²) in [5, 5.41) is 3.35. The highest BCUT2D eigenvalue weighted by molar-refractivity contribution is 5.34. The summed E-state index contributed by atoms with van der Waals surface area (Å²) in [6.07, 6.45) is 2.28. The Morgan fingerprint density at radius 1 is 0.850 bits per heavy atom. The summed E-state index contributed by atoms with van der Waals surface area (Å²) in [5.41, 5.74) is 5.78. The van der Waals surface area contributed by atoms with Crippen LogP contribution in [-0.2, 0) is 12.8 Å². The summed E-state index contributed by atoms with van der Waals surface area (Å²) in [4.78, 5) is 0. The van der Waals surface area contributed by atoms with E-state index in [9.17, 15) is 0 Å². The van der Waals surface area contributed by atoms with Crippen LogP contribution in [0.25, 0.3) is 0 Å². The maximum atomic E-state index is 3.35. The molecular formula is C19H25N. The van der Waals surface area contributed by atoms with Gasteiger partial charge in [-0.25, -0.2) is 0 Å². The number of benzene rings is 2. The van der Waals surface area contributed by atoms with Gasteiger partial charge in [0.15, 0.2) is 0 Å². The molecule has 0 spiro atoms. The second-order valence-electron chi connectivity index (χ2n) is 5.69. The van der Waals surface area contributed by atoms with E-state index >= 15 is 0 Å². The Bertz CT molecular complexity index is 510. The van der Waals surface area contributed by atoms with E-state index in [1.54, 1.807) is 0 Å². The van der Waals surface area contributed by atoms with Gasteiger partial charge in [0, 0.05) is 0 Å². The molecule has 2 rings (SSSR count). The first-order valence-corrected chi connectivity index (χ1v) is 7.44. The van der Waals surface area contributed by atoms with Gasteiger partial charge in [-0.15, -0.1) is 0 Å². The third kappa shape index (κ3) is 3.94. The summed E-state index contributed by atoms with van der Waals surface area (Å²) in [6.45, 7) is 5.51. The molecule has 1 nitrogen and oxygen atoms in total. The van der Waals surface area contributed by atoms with Crippen molar-refractivity contribution >= 4 is 0 Å². The van der Waals surface area contributed by atoms with Crippen LogP contribution in [0.5, 0.6) is 0 Å². The zero-order valence-corrected chi connectivity index (χ0v) is 12.8. The van der Waals surface area contributed by atoms with Crippen LogP contribution in [-0.4, -0.2) is 13.6 Å². The third-order valence-electron chi connectivity index (χ3n) is 4.00. The highest BCUT2D eigenvalue weighted by atomic mass is 14.8. The van der Waals surface area contributed by atoms with Crippen molar-refractivity contribution in [2.75, 3.05) is 13.6 Å². The lowest BCUT2D eigenvalue weighted by Crippen LogP contribution is -2.23. The van der Waals surface area contributed by atoms with Crippen molar-refractivity contribution in [3.8, 4) is 0 Å². The summed E-state index contributed by atoms with van der Waals surface area (Å²) < 4.78 is 0. The lowest BCUT2D eigenvalue weighted by molar-refractivity contribution is 0.491. The van der Waals surface area contributed by atoms with Crippen molar-refractivity contribution in [2.24, 2.45) is 5.92 Å². The second-order valence-corrected chi connectivity index (χ2v) is 5.69. The molecule has 0 aliphatic carbocycles. The number of hydrogen-bond acceptors (Lipinski definition) is 1. The lowest BCUT2D eigenvalue weighted by atomic mass is 9.88. The maximum absolute atomic E-state index is 3.35. The van der Waals surface area contributed by atoms with Crippen LogP contribution in [0, 0.1) is 19.8 Å². The van der Waals surface area contributed by atoms with E-state index in [1.165, 1.54) is 22.3 Å². The predicted molar refractivity (Wildman–Crippen MR) is 87.2 cm³/mol. The Morgan fingerprint density at radius 3 is 2.10 bits per heavy atom. The van der Waals surface area contributed by atoms with E-state index in [2.05, 4.69) is 67.7 Å². The predicted octanol–water partition coefficient (Wildman–Crippen LogP) is 3.92. The minimum atomic E-state index is 0.641. The van der Waals surface area contributed by atoms with Crippen molar-refractivity contribution in [3.05, 3.63) is 70.8 Å². The van der Waals surface area contributed by atoms with E-state index in [0.29, 0.717) is 5.92 Å². The van der Waals surface area contributed by atoms with Crippen LogP contribution in [0.1, 0.15) is 22.3 Å². The number of aryl methyl sites for hydroxylation is 2. The van der Waals surface area contributed by atoms with Gasteiger partial charge < -0.3 is 5.32 Å². The second kappa shape index (κ2) is 7.25. The molecule has 0 bridgehead atoms. The van der Waals surface area contributed by atoms with E-state index in [4.69, 9.17) is 0 Å². The molecule has 0 radical (unpaired) electrons. The molecule has 1 N–H and O–H groups in total. The van der Waals surface area contributed by atoms with Crippen LogP contribution >= 0.6 is 0 Å². The SMILES string of the molecule is CNCC(Cc1ccccc1)Cc1c(C)cccc1C. The van der Waals surface area contributed by atoms with Crippen molar-refractivity contribution in [2.45, 2.75) is 26.7 Å². The molecular weight excluding hydrogens is 242 g/mol. The fraction of sp³-hybridized carbons (Fsp3) is 0.368. The van der Waals surface area contributed by atoms with Gasteiger partial charge in [0.05, 0.1) is 0 Å². The average molecular weight is 267 g/mol. The van der Waals surface area contributed by atoms with Crippen molar-refractivity contribution in [1.29, 1.82) is 0 Å². The summed E-state index contributed by atoms with van der Waals surface area (Å²) in [7, 11) is 2.04. The first-order valence-electron chi connectivity index (χ1n) is 7.44. The largest absolute Gasteiger partial charge is 0.319 e. The first kappa shape index (κ1) is 14.8. The molecule has 0 saturated heterocycles. The Labute approximate surface area is 123 Å². The molecule has 0 aliphatic rings. The van der Waals surface area contributed by atoms with Gasteiger partial charge >= 0.3 is 0 Å². The van der Waals surface area contributed by atoms with Gasteiger partial charge in [-0.2, -0.15) is 0 Å². The Kier molecular flexibility index (Phi) is 5.37. The third-order valence-corrected chi connectivity index (χ3v) is 4.00. The molecule has 1 heteroatoms. The minimum absolute atomic E-state index is 0.641. The smallest absolute Gasteiger partial charge is 0.00172 e. The molecule has 0 saturated carbocycles. The van der Waals surface area contributed by atoms with Gasteiger partial charge in [-0.1, -0.05) is 48.5 Å².